The summed E-state index contributed by atoms with van der Waals surface area (Å²) in [6, 6.07) is 12.0. The summed E-state index contributed by atoms with van der Waals surface area (Å²) in [5, 5.41) is 3.37. The van der Waals surface area contributed by atoms with Gasteiger partial charge in [-0.05, 0) is 42.2 Å². The number of nitrogens with one attached hydrogen (secondary N) is 1. The molecule has 1 unspecified atom stereocenters. The van der Waals surface area contributed by atoms with Gasteiger partial charge >= 0.3 is 0 Å². The predicted molar refractivity (Wildman–Crippen MR) is 78.9 cm³/mol. The zero-order valence-electron chi connectivity index (χ0n) is 12.0. The third-order valence-corrected chi connectivity index (χ3v) is 3.40. The first kappa shape index (κ1) is 14.5. The van der Waals surface area contributed by atoms with E-state index in [0.29, 0.717) is 5.92 Å². The molecule has 0 saturated carbocycles. The molecule has 106 valence electrons. The molecule has 2 rings (SSSR count). The highest BCUT2D eigenvalue weighted by Crippen LogP contribution is 2.27. The Labute approximate surface area is 118 Å². The van der Waals surface area contributed by atoms with Crippen molar-refractivity contribution in [3.63, 3.8) is 0 Å². The lowest BCUT2D eigenvalue weighted by molar-refractivity contribution is 0.506. The second kappa shape index (κ2) is 6.04. The van der Waals surface area contributed by atoms with E-state index in [0.717, 1.165) is 17.3 Å². The lowest BCUT2D eigenvalue weighted by Gasteiger charge is -2.20. The van der Waals surface area contributed by atoms with Gasteiger partial charge in [-0.3, -0.25) is 0 Å². The van der Waals surface area contributed by atoms with Crippen LogP contribution in [0.4, 0.5) is 14.5 Å². The van der Waals surface area contributed by atoms with Gasteiger partial charge in [0.1, 0.15) is 0 Å². The molecule has 0 aliphatic heterocycles. The van der Waals surface area contributed by atoms with Crippen molar-refractivity contribution in [1.82, 2.24) is 0 Å². The van der Waals surface area contributed by atoms with Crippen molar-refractivity contribution in [2.75, 3.05) is 5.32 Å². The monoisotopic (exact) mass is 275 g/mol. The lowest BCUT2D eigenvalue weighted by atomic mass is 10.00. The van der Waals surface area contributed by atoms with Crippen molar-refractivity contribution in [1.29, 1.82) is 0 Å². The topological polar surface area (TPSA) is 12.0 Å². The number of hydrogen-bond acceptors (Lipinski definition) is 1. The molecule has 2 aromatic carbocycles. The van der Waals surface area contributed by atoms with Gasteiger partial charge in [-0.2, -0.15) is 0 Å². The van der Waals surface area contributed by atoms with E-state index in [-0.39, 0.29) is 6.04 Å². The molecule has 0 saturated heterocycles. The third-order valence-electron chi connectivity index (χ3n) is 3.40. The molecule has 2 aromatic rings. The van der Waals surface area contributed by atoms with Crippen molar-refractivity contribution in [3.8, 4) is 0 Å². The highest BCUT2D eigenvalue weighted by molar-refractivity contribution is 5.53. The molecule has 0 aliphatic rings. The Morgan fingerprint density at radius 1 is 0.900 bits per heavy atom. The van der Waals surface area contributed by atoms with Gasteiger partial charge in [-0.25, -0.2) is 8.78 Å². The standard InChI is InChI=1S/C17H19F2N/c1-11(2)14-6-4-5-7-17(14)20-12(3)13-8-9-15(18)16(19)10-13/h4-12,20H,1-3H3. The van der Waals surface area contributed by atoms with E-state index in [2.05, 4.69) is 25.2 Å². The summed E-state index contributed by atoms with van der Waals surface area (Å²) in [7, 11) is 0. The first-order chi connectivity index (χ1) is 9.49. The smallest absolute Gasteiger partial charge is 0.159 e. The number of anilines is 1. The van der Waals surface area contributed by atoms with Gasteiger partial charge in [-0.15, -0.1) is 0 Å². The lowest BCUT2D eigenvalue weighted by Crippen LogP contribution is -2.09. The summed E-state index contributed by atoms with van der Waals surface area (Å²) >= 11 is 0. The number of hydrogen-bond donors (Lipinski definition) is 1. The molecule has 0 aliphatic carbocycles. The van der Waals surface area contributed by atoms with Crippen molar-refractivity contribution in [2.45, 2.75) is 32.7 Å². The van der Waals surface area contributed by atoms with Gasteiger partial charge < -0.3 is 5.32 Å². The first-order valence-electron chi connectivity index (χ1n) is 6.79. The summed E-state index contributed by atoms with van der Waals surface area (Å²) in [6.07, 6.45) is 0. The molecule has 0 amide bonds. The molecule has 0 fully saturated rings. The van der Waals surface area contributed by atoms with Gasteiger partial charge in [0.25, 0.3) is 0 Å². The quantitative estimate of drug-likeness (QED) is 0.802. The van der Waals surface area contributed by atoms with Crippen molar-refractivity contribution in [3.05, 3.63) is 65.2 Å². The zero-order valence-corrected chi connectivity index (χ0v) is 12.0. The molecule has 20 heavy (non-hydrogen) atoms. The minimum absolute atomic E-state index is 0.0926. The van der Waals surface area contributed by atoms with E-state index in [1.807, 2.05) is 25.1 Å². The van der Waals surface area contributed by atoms with E-state index < -0.39 is 11.6 Å². The molecular weight excluding hydrogens is 256 g/mol. The number of para-hydroxylation sites is 1. The fourth-order valence-corrected chi connectivity index (χ4v) is 2.23. The van der Waals surface area contributed by atoms with Crippen molar-refractivity contribution in [2.24, 2.45) is 0 Å². The maximum Gasteiger partial charge on any atom is 0.159 e. The molecule has 0 aromatic heterocycles. The maximum absolute atomic E-state index is 13.3. The van der Waals surface area contributed by atoms with Crippen LogP contribution in [-0.2, 0) is 0 Å². The highest BCUT2D eigenvalue weighted by atomic mass is 19.2. The van der Waals surface area contributed by atoms with Crippen molar-refractivity contribution < 1.29 is 8.78 Å². The van der Waals surface area contributed by atoms with Crippen LogP contribution in [0.25, 0.3) is 0 Å². The van der Waals surface area contributed by atoms with Crippen LogP contribution in [0.3, 0.4) is 0 Å². The molecule has 0 bridgehead atoms. The molecule has 1 N–H and O–H groups in total. The van der Waals surface area contributed by atoms with Crippen LogP contribution in [0.15, 0.2) is 42.5 Å². The van der Waals surface area contributed by atoms with Crippen LogP contribution in [-0.4, -0.2) is 0 Å². The van der Waals surface area contributed by atoms with Crippen LogP contribution in [0.2, 0.25) is 0 Å². The summed E-state index contributed by atoms with van der Waals surface area (Å²) in [6.45, 7) is 6.19. The second-order valence-corrected chi connectivity index (χ2v) is 5.28. The van der Waals surface area contributed by atoms with Gasteiger partial charge in [0.2, 0.25) is 0 Å². The van der Waals surface area contributed by atoms with Crippen LogP contribution in [0, 0.1) is 11.6 Å². The Morgan fingerprint density at radius 3 is 2.25 bits per heavy atom. The Bertz CT molecular complexity index is 593. The van der Waals surface area contributed by atoms with Gasteiger partial charge in [0, 0.05) is 11.7 Å². The van der Waals surface area contributed by atoms with Gasteiger partial charge in [0.15, 0.2) is 11.6 Å². The highest BCUT2D eigenvalue weighted by Gasteiger charge is 2.12. The van der Waals surface area contributed by atoms with E-state index in [9.17, 15) is 8.78 Å². The largest absolute Gasteiger partial charge is 0.378 e. The van der Waals surface area contributed by atoms with Crippen LogP contribution >= 0.6 is 0 Å². The molecule has 1 nitrogen and oxygen atoms in total. The fraction of sp³-hybridized carbons (Fsp3) is 0.294. The summed E-state index contributed by atoms with van der Waals surface area (Å²) in [5.41, 5.74) is 2.96. The SMILES string of the molecule is CC(C)c1ccccc1NC(C)c1ccc(F)c(F)c1. The summed E-state index contributed by atoms with van der Waals surface area (Å²) < 4.78 is 26.2. The maximum atomic E-state index is 13.3. The minimum Gasteiger partial charge on any atom is -0.378 e. The van der Waals surface area contributed by atoms with Crippen molar-refractivity contribution >= 4 is 5.69 Å². The third kappa shape index (κ3) is 3.16. The Balaban J connectivity index is 2.23. The molecular formula is C17H19F2N. The summed E-state index contributed by atoms with van der Waals surface area (Å²) in [4.78, 5) is 0. The van der Waals surface area contributed by atoms with Gasteiger partial charge in [0.05, 0.1) is 0 Å². The minimum atomic E-state index is -0.816. The van der Waals surface area contributed by atoms with Gasteiger partial charge in [-0.1, -0.05) is 38.1 Å². The van der Waals surface area contributed by atoms with E-state index in [1.54, 1.807) is 6.07 Å². The number of halogens is 2. The Kier molecular flexibility index (Phi) is 4.38. The number of rotatable bonds is 4. The zero-order chi connectivity index (χ0) is 14.7. The van der Waals surface area contributed by atoms with Crippen LogP contribution < -0.4 is 5.32 Å². The normalized spacial score (nSPS) is 12.5. The molecule has 3 heteroatoms. The molecule has 0 heterocycles. The first-order valence-corrected chi connectivity index (χ1v) is 6.79. The number of benzene rings is 2. The van der Waals surface area contributed by atoms with Crippen LogP contribution in [0.1, 0.15) is 43.9 Å². The second-order valence-electron chi connectivity index (χ2n) is 5.28. The Hall–Kier alpha value is -1.90. The van der Waals surface area contributed by atoms with E-state index >= 15 is 0 Å². The Morgan fingerprint density at radius 2 is 1.60 bits per heavy atom. The summed E-state index contributed by atoms with van der Waals surface area (Å²) in [5.74, 6) is -1.23. The van der Waals surface area contributed by atoms with E-state index in [1.165, 1.54) is 11.6 Å². The average molecular weight is 275 g/mol. The average Bonchev–Trinajstić information content (AvgIpc) is 2.42. The predicted octanol–water partition coefficient (Wildman–Crippen LogP) is 5.26. The molecule has 0 radical (unpaired) electrons. The fourth-order valence-electron chi connectivity index (χ4n) is 2.23. The molecule has 1 atom stereocenters. The van der Waals surface area contributed by atoms with E-state index in [4.69, 9.17) is 0 Å². The van der Waals surface area contributed by atoms with Crippen LogP contribution in [0.5, 0.6) is 0 Å². The molecule has 0 spiro atoms.